The highest BCUT2D eigenvalue weighted by molar-refractivity contribution is 7.26. The second kappa shape index (κ2) is 16.0. The van der Waals surface area contributed by atoms with Crippen LogP contribution in [0.3, 0.4) is 0 Å². The number of hydrogen-bond donors (Lipinski definition) is 0. The van der Waals surface area contributed by atoms with Crippen molar-refractivity contribution in [2.45, 2.75) is 0 Å². The summed E-state index contributed by atoms with van der Waals surface area (Å²) in [6.45, 7) is 0. The van der Waals surface area contributed by atoms with Gasteiger partial charge in [0.2, 0.25) is 0 Å². The van der Waals surface area contributed by atoms with Crippen LogP contribution in [0.4, 0.5) is 17.1 Å². The Morgan fingerprint density at radius 1 is 0.275 bits per heavy atom. The average molecular weight is 896 g/mol. The SMILES string of the molecule is c1ccc(-c2ccc(N(c3ccc4c(c3)-c3ccccc3Oc3ccccc3-4)c3ccc4c(c3)c3ccccc3c3ccccc3c3ccccc3c3c4ccc4c5ccccc5sc43)cc2)cc1. The molecule has 0 saturated heterocycles. The summed E-state index contributed by atoms with van der Waals surface area (Å²) >= 11 is 1.90. The molecular formula is C66H41NOS. The summed E-state index contributed by atoms with van der Waals surface area (Å²) in [6.07, 6.45) is 0. The predicted octanol–water partition coefficient (Wildman–Crippen LogP) is 19.5. The minimum absolute atomic E-state index is 0.845. The highest BCUT2D eigenvalue weighted by atomic mass is 32.1. The lowest BCUT2D eigenvalue weighted by Crippen LogP contribution is -2.10. The first-order valence-corrected chi connectivity index (χ1v) is 24.4. The van der Waals surface area contributed by atoms with Gasteiger partial charge >= 0.3 is 0 Å². The van der Waals surface area contributed by atoms with Crippen molar-refractivity contribution >= 4 is 102 Å². The van der Waals surface area contributed by atoms with E-state index in [1.165, 1.54) is 85.2 Å². The van der Waals surface area contributed by atoms with E-state index in [2.05, 4.69) is 248 Å². The number of ether oxygens (including phenoxy) is 1. The van der Waals surface area contributed by atoms with Crippen LogP contribution < -0.4 is 9.64 Å². The first-order valence-electron chi connectivity index (χ1n) is 23.6. The number of nitrogens with zero attached hydrogens (tertiary/aromatic N) is 1. The molecule has 0 radical (unpaired) electrons. The Morgan fingerprint density at radius 3 is 1.42 bits per heavy atom. The van der Waals surface area contributed by atoms with Gasteiger partial charge in [0.25, 0.3) is 0 Å². The van der Waals surface area contributed by atoms with Gasteiger partial charge in [0, 0.05) is 53.7 Å². The van der Waals surface area contributed by atoms with Gasteiger partial charge in [-0.25, -0.2) is 0 Å². The van der Waals surface area contributed by atoms with Crippen LogP contribution in [0.1, 0.15) is 0 Å². The molecule has 2 heterocycles. The monoisotopic (exact) mass is 895 g/mol. The maximum Gasteiger partial charge on any atom is 0.135 e. The number of rotatable bonds is 4. The Morgan fingerprint density at radius 2 is 0.725 bits per heavy atom. The number of anilines is 3. The third kappa shape index (κ3) is 6.39. The third-order valence-corrected chi connectivity index (χ3v) is 15.3. The van der Waals surface area contributed by atoms with Gasteiger partial charge in [0.1, 0.15) is 11.5 Å². The second-order valence-electron chi connectivity index (χ2n) is 17.9. The van der Waals surface area contributed by atoms with Crippen LogP contribution in [0.25, 0.3) is 107 Å². The molecule has 0 saturated carbocycles. The largest absolute Gasteiger partial charge is 0.456 e. The van der Waals surface area contributed by atoms with Crippen molar-refractivity contribution < 1.29 is 4.74 Å². The van der Waals surface area contributed by atoms with Crippen molar-refractivity contribution in [2.24, 2.45) is 0 Å². The third-order valence-electron chi connectivity index (χ3n) is 14.1. The molecule has 0 aliphatic carbocycles. The maximum atomic E-state index is 6.65. The standard InChI is InChI=1S/C66H41NOS/c1-2-16-42(17-3-1)43-30-32-44(33-31-43)67(46-34-36-52-54-23-10-13-27-62(54)68-63-28-14-11-24-55(63)61(52)41-46)45-35-37-53-58-38-39-59-56-25-12-15-29-64(56)69-66(59)65(58)57-26-9-8-21-50(57)48-19-5-4-18-47(48)49-20-6-7-22-51(49)60(53)40-45/h1-41H. The first-order chi connectivity index (χ1) is 34.2. The minimum Gasteiger partial charge on any atom is -0.456 e. The van der Waals surface area contributed by atoms with Gasteiger partial charge in [-0.15, -0.1) is 11.3 Å². The molecular weight excluding hydrogens is 855 g/mol. The predicted molar refractivity (Wildman–Crippen MR) is 296 cm³/mol. The summed E-state index contributed by atoms with van der Waals surface area (Å²) in [7, 11) is 0. The second-order valence-corrected chi connectivity index (χ2v) is 19.0. The molecule has 0 spiro atoms. The van der Waals surface area contributed by atoms with Crippen LogP contribution in [0.5, 0.6) is 11.5 Å². The molecule has 13 aromatic rings. The molecule has 322 valence electrons. The van der Waals surface area contributed by atoms with Crippen molar-refractivity contribution in [2.75, 3.05) is 4.90 Å². The molecule has 3 heteroatoms. The fourth-order valence-corrected chi connectivity index (χ4v) is 12.2. The average Bonchev–Trinajstić information content (AvgIpc) is 3.73. The Hall–Kier alpha value is -8.76. The van der Waals surface area contributed by atoms with E-state index in [-0.39, 0.29) is 0 Å². The Balaban J connectivity index is 1.11. The molecule has 0 atom stereocenters. The molecule has 0 bridgehead atoms. The molecule has 14 rings (SSSR count). The first kappa shape index (κ1) is 39.4. The van der Waals surface area contributed by atoms with Gasteiger partial charge in [-0.2, -0.15) is 0 Å². The van der Waals surface area contributed by atoms with E-state index in [0.29, 0.717) is 0 Å². The van der Waals surface area contributed by atoms with E-state index < -0.39 is 0 Å². The zero-order valence-corrected chi connectivity index (χ0v) is 38.3. The number of para-hydroxylation sites is 2. The number of thiophene rings is 1. The van der Waals surface area contributed by atoms with E-state index in [1.807, 2.05) is 17.4 Å². The summed E-state index contributed by atoms with van der Waals surface area (Å²) in [5, 5.41) is 14.7. The lowest BCUT2D eigenvalue weighted by atomic mass is 9.93. The Bertz CT molecular complexity index is 4280. The highest BCUT2D eigenvalue weighted by Crippen LogP contribution is 2.50. The topological polar surface area (TPSA) is 12.5 Å². The van der Waals surface area contributed by atoms with Crippen LogP contribution in [-0.2, 0) is 0 Å². The van der Waals surface area contributed by atoms with E-state index in [9.17, 15) is 0 Å². The van der Waals surface area contributed by atoms with Crippen LogP contribution in [0.15, 0.2) is 249 Å². The summed E-state index contributed by atoms with van der Waals surface area (Å²) in [6, 6.07) is 91.0. The van der Waals surface area contributed by atoms with Crippen LogP contribution in [0, 0.1) is 0 Å². The lowest BCUT2D eigenvalue weighted by Gasteiger charge is -2.27. The van der Waals surface area contributed by atoms with Crippen LogP contribution in [0.2, 0.25) is 0 Å². The van der Waals surface area contributed by atoms with Crippen molar-refractivity contribution in [3.05, 3.63) is 249 Å². The molecule has 69 heavy (non-hydrogen) atoms. The molecule has 1 aliphatic heterocycles. The Kier molecular flexibility index (Phi) is 9.11. The Labute approximate surface area is 403 Å². The van der Waals surface area contributed by atoms with E-state index in [1.54, 1.807) is 0 Å². The summed E-state index contributed by atoms with van der Waals surface area (Å²) in [4.78, 5) is 2.43. The maximum absolute atomic E-state index is 6.65. The summed E-state index contributed by atoms with van der Waals surface area (Å²) in [5.41, 5.74) is 9.94. The molecule has 2 nitrogen and oxygen atoms in total. The van der Waals surface area contributed by atoms with Crippen molar-refractivity contribution in [1.82, 2.24) is 0 Å². The van der Waals surface area contributed by atoms with Crippen LogP contribution in [-0.4, -0.2) is 0 Å². The van der Waals surface area contributed by atoms with E-state index >= 15 is 0 Å². The lowest BCUT2D eigenvalue weighted by molar-refractivity contribution is 0.488. The minimum atomic E-state index is 0.845. The quantitative estimate of drug-likeness (QED) is 0.175. The molecule has 0 amide bonds. The van der Waals surface area contributed by atoms with E-state index in [0.717, 1.165) is 50.8 Å². The zero-order valence-electron chi connectivity index (χ0n) is 37.4. The van der Waals surface area contributed by atoms with Gasteiger partial charge in [-0.3, -0.25) is 0 Å². The molecule has 1 aromatic heterocycles. The van der Waals surface area contributed by atoms with Gasteiger partial charge in [-0.1, -0.05) is 194 Å². The zero-order chi connectivity index (χ0) is 45.4. The van der Waals surface area contributed by atoms with Crippen molar-refractivity contribution in [3.8, 4) is 44.9 Å². The molecule has 0 fully saturated rings. The summed E-state index contributed by atoms with van der Waals surface area (Å²) in [5.74, 6) is 1.70. The smallest absolute Gasteiger partial charge is 0.135 e. The van der Waals surface area contributed by atoms with Crippen molar-refractivity contribution in [1.29, 1.82) is 0 Å². The summed E-state index contributed by atoms with van der Waals surface area (Å²) < 4.78 is 9.25. The van der Waals surface area contributed by atoms with E-state index in [4.69, 9.17) is 4.74 Å². The fraction of sp³-hybridized carbons (Fsp3) is 0. The number of benzene rings is 11. The normalized spacial score (nSPS) is 11.9. The number of hydrogen-bond acceptors (Lipinski definition) is 3. The molecule has 12 aromatic carbocycles. The van der Waals surface area contributed by atoms with Gasteiger partial charge in [0.15, 0.2) is 0 Å². The molecule has 1 aliphatic rings. The van der Waals surface area contributed by atoms with Crippen LogP contribution >= 0.6 is 11.3 Å². The van der Waals surface area contributed by atoms with Crippen molar-refractivity contribution in [3.63, 3.8) is 0 Å². The van der Waals surface area contributed by atoms with Gasteiger partial charge in [-0.05, 0) is 125 Å². The molecule has 0 N–H and O–H groups in total. The number of fused-ring (bicyclic) bond motifs is 19. The fourth-order valence-electron chi connectivity index (χ4n) is 10.9. The van der Waals surface area contributed by atoms with Gasteiger partial charge < -0.3 is 9.64 Å². The molecule has 0 unspecified atom stereocenters. The van der Waals surface area contributed by atoms with Gasteiger partial charge in [0.05, 0.1) is 0 Å². The highest BCUT2D eigenvalue weighted by Gasteiger charge is 2.24.